The van der Waals surface area contributed by atoms with Crippen LogP contribution in [0.15, 0.2) is 22.9 Å². The molecule has 0 bridgehead atoms. The van der Waals surface area contributed by atoms with Gasteiger partial charge in [-0.1, -0.05) is 5.16 Å². The highest BCUT2D eigenvalue weighted by Crippen LogP contribution is 2.06. The van der Waals surface area contributed by atoms with Crippen LogP contribution in [0, 0.1) is 13.8 Å². The molecule has 2 aromatic rings. The van der Waals surface area contributed by atoms with E-state index in [1.165, 1.54) is 0 Å². The molecule has 0 aromatic carbocycles. The Labute approximate surface area is 87.5 Å². The van der Waals surface area contributed by atoms with Gasteiger partial charge in [0, 0.05) is 12.3 Å². The lowest BCUT2D eigenvalue weighted by Crippen LogP contribution is -2.02. The molecule has 5 nitrogen and oxygen atoms in total. The number of hydrogen-bond acceptors (Lipinski definition) is 5. The highest BCUT2D eigenvalue weighted by Gasteiger charge is 2.00. The van der Waals surface area contributed by atoms with E-state index in [1.54, 1.807) is 6.20 Å². The van der Waals surface area contributed by atoms with Gasteiger partial charge in [-0.15, -0.1) is 0 Å². The fourth-order valence-electron chi connectivity index (χ4n) is 1.24. The van der Waals surface area contributed by atoms with Crippen molar-refractivity contribution in [2.24, 2.45) is 0 Å². The number of anilines is 1. The van der Waals surface area contributed by atoms with Crippen LogP contribution in [0.5, 0.6) is 0 Å². The van der Waals surface area contributed by atoms with Crippen LogP contribution in [0.1, 0.15) is 17.3 Å². The highest BCUT2D eigenvalue weighted by atomic mass is 16.5. The van der Waals surface area contributed by atoms with E-state index >= 15 is 0 Å². The third kappa shape index (κ3) is 2.52. The molecule has 0 spiro atoms. The summed E-state index contributed by atoms with van der Waals surface area (Å²) in [5.74, 6) is 2.35. The normalized spacial score (nSPS) is 10.3. The van der Waals surface area contributed by atoms with Crippen molar-refractivity contribution in [3.63, 3.8) is 0 Å². The van der Waals surface area contributed by atoms with Crippen molar-refractivity contribution >= 4 is 5.82 Å². The molecule has 0 aliphatic carbocycles. The smallest absolute Gasteiger partial charge is 0.133 e. The molecule has 0 atom stereocenters. The molecule has 2 heterocycles. The van der Waals surface area contributed by atoms with Gasteiger partial charge in [-0.2, -0.15) is 0 Å². The molecule has 2 rings (SSSR count). The first kappa shape index (κ1) is 9.64. The van der Waals surface area contributed by atoms with Crippen molar-refractivity contribution in [3.8, 4) is 0 Å². The Bertz CT molecular complexity index is 452. The lowest BCUT2D eigenvalue weighted by molar-refractivity contribution is 0.391. The van der Waals surface area contributed by atoms with E-state index in [9.17, 15) is 0 Å². The Morgan fingerprint density at radius 2 is 2.27 bits per heavy atom. The van der Waals surface area contributed by atoms with Crippen LogP contribution in [0.2, 0.25) is 0 Å². The van der Waals surface area contributed by atoms with Crippen molar-refractivity contribution in [2.75, 3.05) is 5.32 Å². The maximum atomic E-state index is 4.95. The van der Waals surface area contributed by atoms with Crippen molar-refractivity contribution in [3.05, 3.63) is 35.6 Å². The third-order valence-corrected chi connectivity index (χ3v) is 1.90. The average molecular weight is 204 g/mol. The first-order valence-corrected chi connectivity index (χ1v) is 4.70. The molecule has 1 N–H and O–H groups in total. The molecule has 78 valence electrons. The van der Waals surface area contributed by atoms with Crippen LogP contribution in [0.25, 0.3) is 0 Å². The van der Waals surface area contributed by atoms with E-state index in [0.717, 1.165) is 23.1 Å². The van der Waals surface area contributed by atoms with Gasteiger partial charge >= 0.3 is 0 Å². The minimum atomic E-state index is 0.605. The summed E-state index contributed by atoms with van der Waals surface area (Å²) in [6, 6.07) is 3.71. The predicted octanol–water partition coefficient (Wildman–Crippen LogP) is 1.69. The second-order valence-corrected chi connectivity index (χ2v) is 3.27. The van der Waals surface area contributed by atoms with E-state index in [1.807, 2.05) is 26.0 Å². The maximum absolute atomic E-state index is 4.95. The first-order chi connectivity index (χ1) is 7.24. The van der Waals surface area contributed by atoms with E-state index < -0.39 is 0 Å². The third-order valence-electron chi connectivity index (χ3n) is 1.90. The van der Waals surface area contributed by atoms with Gasteiger partial charge in [-0.25, -0.2) is 9.97 Å². The van der Waals surface area contributed by atoms with E-state index in [2.05, 4.69) is 20.4 Å². The monoisotopic (exact) mass is 204 g/mol. The Balaban J connectivity index is 1.99. The minimum Gasteiger partial charge on any atom is -0.364 e. The highest BCUT2D eigenvalue weighted by molar-refractivity contribution is 5.33. The minimum absolute atomic E-state index is 0.605. The average Bonchev–Trinajstić information content (AvgIpc) is 2.62. The summed E-state index contributed by atoms with van der Waals surface area (Å²) in [5.41, 5.74) is 0.865. The Kier molecular flexibility index (Phi) is 2.62. The molecule has 0 aliphatic rings. The summed E-state index contributed by atoms with van der Waals surface area (Å²) in [5, 5.41) is 7.01. The van der Waals surface area contributed by atoms with Gasteiger partial charge in [0.25, 0.3) is 0 Å². The fourth-order valence-corrected chi connectivity index (χ4v) is 1.24. The molecule has 0 saturated heterocycles. The summed E-state index contributed by atoms with van der Waals surface area (Å²) in [6.07, 6.45) is 1.72. The molecular weight excluding hydrogens is 192 g/mol. The number of aryl methyl sites for hydroxylation is 2. The number of hydrogen-bond donors (Lipinski definition) is 1. The van der Waals surface area contributed by atoms with Crippen LogP contribution >= 0.6 is 0 Å². The molecule has 0 amide bonds. The molecule has 0 fully saturated rings. The predicted molar refractivity (Wildman–Crippen MR) is 55.3 cm³/mol. The molecule has 5 heteroatoms. The Morgan fingerprint density at radius 3 is 2.93 bits per heavy atom. The first-order valence-electron chi connectivity index (χ1n) is 4.70. The van der Waals surface area contributed by atoms with Crippen LogP contribution in [0.4, 0.5) is 5.82 Å². The summed E-state index contributed by atoms with van der Waals surface area (Å²) >= 11 is 0. The standard InChI is InChI=1S/C10H12N4O/c1-7-5-9(14-15-7)6-12-10-3-4-11-8(2)13-10/h3-5H,6H2,1-2H3,(H,11,12,13). The Hall–Kier alpha value is -1.91. The van der Waals surface area contributed by atoms with Crippen molar-refractivity contribution in [1.82, 2.24) is 15.1 Å². The van der Waals surface area contributed by atoms with Crippen LogP contribution in [-0.2, 0) is 6.54 Å². The summed E-state index contributed by atoms with van der Waals surface area (Å²) in [7, 11) is 0. The topological polar surface area (TPSA) is 63.8 Å². The van der Waals surface area contributed by atoms with Gasteiger partial charge in [-0.05, 0) is 19.9 Å². The van der Waals surface area contributed by atoms with Crippen molar-refractivity contribution in [2.45, 2.75) is 20.4 Å². The van der Waals surface area contributed by atoms with Gasteiger partial charge < -0.3 is 9.84 Å². The largest absolute Gasteiger partial charge is 0.364 e. The lowest BCUT2D eigenvalue weighted by atomic mass is 10.4. The zero-order valence-corrected chi connectivity index (χ0v) is 8.69. The summed E-state index contributed by atoms with van der Waals surface area (Å²) in [4.78, 5) is 8.23. The number of aromatic nitrogens is 3. The van der Waals surface area contributed by atoms with Crippen molar-refractivity contribution in [1.29, 1.82) is 0 Å². The zero-order valence-electron chi connectivity index (χ0n) is 8.69. The SMILES string of the molecule is Cc1nccc(NCc2cc(C)on2)n1. The van der Waals surface area contributed by atoms with Gasteiger partial charge in [0.1, 0.15) is 23.1 Å². The second-order valence-electron chi connectivity index (χ2n) is 3.27. The fraction of sp³-hybridized carbons (Fsp3) is 0.300. The molecule has 15 heavy (non-hydrogen) atoms. The van der Waals surface area contributed by atoms with Gasteiger partial charge in [0.05, 0.1) is 6.54 Å². The van der Waals surface area contributed by atoms with Gasteiger partial charge in [0.2, 0.25) is 0 Å². The van der Waals surface area contributed by atoms with Crippen molar-refractivity contribution < 1.29 is 4.52 Å². The van der Waals surface area contributed by atoms with E-state index in [-0.39, 0.29) is 0 Å². The second kappa shape index (κ2) is 4.08. The summed E-state index contributed by atoms with van der Waals surface area (Å²) in [6.45, 7) is 4.32. The summed E-state index contributed by atoms with van der Waals surface area (Å²) < 4.78 is 4.95. The van der Waals surface area contributed by atoms with E-state index in [4.69, 9.17) is 4.52 Å². The van der Waals surface area contributed by atoms with Gasteiger partial charge in [0.15, 0.2) is 0 Å². The van der Waals surface area contributed by atoms with Crippen LogP contribution in [0.3, 0.4) is 0 Å². The zero-order chi connectivity index (χ0) is 10.7. The molecular formula is C10H12N4O. The van der Waals surface area contributed by atoms with Crippen LogP contribution < -0.4 is 5.32 Å². The molecule has 0 unspecified atom stereocenters. The molecule has 0 saturated carbocycles. The number of rotatable bonds is 3. The van der Waals surface area contributed by atoms with Crippen LogP contribution in [-0.4, -0.2) is 15.1 Å². The molecule has 0 aliphatic heterocycles. The van der Waals surface area contributed by atoms with Gasteiger partial charge in [-0.3, -0.25) is 0 Å². The molecule has 0 radical (unpaired) electrons. The number of nitrogens with zero attached hydrogens (tertiary/aromatic N) is 3. The van der Waals surface area contributed by atoms with E-state index in [0.29, 0.717) is 6.54 Å². The Morgan fingerprint density at radius 1 is 1.40 bits per heavy atom. The lowest BCUT2D eigenvalue weighted by Gasteiger charge is -2.02. The maximum Gasteiger partial charge on any atom is 0.133 e. The molecule has 2 aromatic heterocycles. The quantitative estimate of drug-likeness (QED) is 0.824. The number of nitrogens with one attached hydrogen (secondary N) is 1.